The van der Waals surface area contributed by atoms with Crippen LogP contribution in [0.15, 0.2) is 35.1 Å². The van der Waals surface area contributed by atoms with E-state index in [9.17, 15) is 9.90 Å². The Bertz CT molecular complexity index is 610. The SMILES string of the molecule is O=C(Nc1ccnn1Cc1ccco1)N1CCOCC(O)C1. The summed E-state index contributed by atoms with van der Waals surface area (Å²) >= 11 is 0. The lowest BCUT2D eigenvalue weighted by Crippen LogP contribution is -2.40. The molecule has 0 radical (unpaired) electrons. The molecule has 0 spiro atoms. The van der Waals surface area contributed by atoms with Crippen molar-refractivity contribution in [3.05, 3.63) is 36.4 Å². The van der Waals surface area contributed by atoms with Gasteiger partial charge in [-0.3, -0.25) is 5.32 Å². The highest BCUT2D eigenvalue weighted by molar-refractivity contribution is 5.88. The maximum Gasteiger partial charge on any atom is 0.323 e. The van der Waals surface area contributed by atoms with Crippen LogP contribution < -0.4 is 5.32 Å². The summed E-state index contributed by atoms with van der Waals surface area (Å²) in [6.07, 6.45) is 2.54. The van der Waals surface area contributed by atoms with Crippen LogP contribution in [0.1, 0.15) is 5.76 Å². The highest BCUT2D eigenvalue weighted by Crippen LogP contribution is 2.12. The Morgan fingerprint density at radius 1 is 1.50 bits per heavy atom. The third kappa shape index (κ3) is 3.46. The van der Waals surface area contributed by atoms with E-state index in [1.165, 1.54) is 4.90 Å². The van der Waals surface area contributed by atoms with E-state index < -0.39 is 6.10 Å². The Morgan fingerprint density at radius 2 is 2.41 bits per heavy atom. The van der Waals surface area contributed by atoms with E-state index in [1.54, 1.807) is 29.3 Å². The number of hydrogen-bond acceptors (Lipinski definition) is 5. The van der Waals surface area contributed by atoms with E-state index in [1.807, 2.05) is 6.07 Å². The Balaban J connectivity index is 1.65. The molecule has 1 fully saturated rings. The van der Waals surface area contributed by atoms with E-state index >= 15 is 0 Å². The van der Waals surface area contributed by atoms with Crippen LogP contribution in [0.5, 0.6) is 0 Å². The Morgan fingerprint density at radius 3 is 3.23 bits per heavy atom. The van der Waals surface area contributed by atoms with Crippen molar-refractivity contribution in [2.45, 2.75) is 12.6 Å². The number of nitrogens with zero attached hydrogens (tertiary/aromatic N) is 3. The number of nitrogens with one attached hydrogen (secondary N) is 1. The van der Waals surface area contributed by atoms with Crippen molar-refractivity contribution in [2.24, 2.45) is 0 Å². The number of hydrogen-bond donors (Lipinski definition) is 2. The molecule has 3 rings (SSSR count). The van der Waals surface area contributed by atoms with Gasteiger partial charge in [0.2, 0.25) is 0 Å². The summed E-state index contributed by atoms with van der Waals surface area (Å²) in [7, 11) is 0. The van der Waals surface area contributed by atoms with Crippen LogP contribution in [0.4, 0.5) is 10.6 Å². The summed E-state index contributed by atoms with van der Waals surface area (Å²) in [4.78, 5) is 13.8. The van der Waals surface area contributed by atoms with Crippen molar-refractivity contribution < 1.29 is 19.1 Å². The molecule has 0 saturated carbocycles. The summed E-state index contributed by atoms with van der Waals surface area (Å²) in [5.41, 5.74) is 0. The van der Waals surface area contributed by atoms with Crippen molar-refractivity contribution in [3.8, 4) is 0 Å². The predicted octanol–water partition coefficient (Wildman–Crippen LogP) is 0.749. The van der Waals surface area contributed by atoms with Crippen LogP contribution in [-0.4, -0.2) is 58.2 Å². The molecule has 0 bridgehead atoms. The zero-order valence-corrected chi connectivity index (χ0v) is 12.0. The zero-order valence-electron chi connectivity index (χ0n) is 12.0. The van der Waals surface area contributed by atoms with Crippen molar-refractivity contribution in [1.82, 2.24) is 14.7 Å². The van der Waals surface area contributed by atoms with Gasteiger partial charge < -0.3 is 19.2 Å². The number of β-amino-alcohol motifs (C(OH)–C–C–N with tert-alkyl or cyclic N) is 1. The molecule has 1 aliphatic heterocycles. The molecule has 1 atom stereocenters. The minimum absolute atomic E-state index is 0.248. The molecule has 8 nitrogen and oxygen atoms in total. The van der Waals surface area contributed by atoms with Crippen LogP contribution in [0.25, 0.3) is 0 Å². The molecule has 2 aromatic rings. The zero-order chi connectivity index (χ0) is 15.4. The predicted molar refractivity (Wildman–Crippen MR) is 77.5 cm³/mol. The number of carbonyl (C=O) groups is 1. The molecule has 1 unspecified atom stereocenters. The van der Waals surface area contributed by atoms with Gasteiger partial charge in [0.05, 0.1) is 38.3 Å². The Kier molecular flexibility index (Phi) is 4.40. The van der Waals surface area contributed by atoms with Crippen molar-refractivity contribution >= 4 is 11.8 Å². The number of carbonyl (C=O) groups excluding carboxylic acids is 1. The van der Waals surface area contributed by atoms with Gasteiger partial charge in [0.15, 0.2) is 0 Å². The molecule has 8 heteroatoms. The highest BCUT2D eigenvalue weighted by atomic mass is 16.5. The van der Waals surface area contributed by atoms with E-state index in [4.69, 9.17) is 9.15 Å². The molecule has 1 saturated heterocycles. The lowest BCUT2D eigenvalue weighted by atomic mass is 10.3. The molecular formula is C14H18N4O4. The quantitative estimate of drug-likeness (QED) is 0.873. The summed E-state index contributed by atoms with van der Waals surface area (Å²) < 4.78 is 12.1. The standard InChI is InChI=1S/C14H18N4O4/c19-11-8-17(5-7-21-10-11)14(20)16-13-3-4-15-18(13)9-12-2-1-6-22-12/h1-4,6,11,19H,5,7-10H2,(H,16,20). The molecule has 3 heterocycles. The second-order valence-electron chi connectivity index (χ2n) is 5.06. The van der Waals surface area contributed by atoms with Crippen LogP contribution in [0.2, 0.25) is 0 Å². The van der Waals surface area contributed by atoms with Gasteiger partial charge in [-0.05, 0) is 12.1 Å². The van der Waals surface area contributed by atoms with Gasteiger partial charge >= 0.3 is 6.03 Å². The third-order valence-corrected chi connectivity index (χ3v) is 3.37. The average Bonchev–Trinajstić information content (AvgIpc) is 3.10. The van der Waals surface area contributed by atoms with Crippen LogP contribution in [-0.2, 0) is 11.3 Å². The molecule has 2 aromatic heterocycles. The first kappa shape index (κ1) is 14.6. The van der Waals surface area contributed by atoms with E-state index in [0.717, 1.165) is 5.76 Å². The minimum Gasteiger partial charge on any atom is -0.467 e. The second kappa shape index (κ2) is 6.63. The smallest absolute Gasteiger partial charge is 0.323 e. The number of urea groups is 1. The number of aliphatic hydroxyl groups is 1. The van der Waals surface area contributed by atoms with Gasteiger partial charge in [-0.1, -0.05) is 0 Å². The molecule has 2 amide bonds. The number of amides is 2. The van der Waals surface area contributed by atoms with Crippen molar-refractivity contribution in [1.29, 1.82) is 0 Å². The lowest BCUT2D eigenvalue weighted by Gasteiger charge is -2.21. The number of aromatic nitrogens is 2. The molecule has 118 valence electrons. The third-order valence-electron chi connectivity index (χ3n) is 3.37. The van der Waals surface area contributed by atoms with Crippen LogP contribution in [0, 0.1) is 0 Å². The summed E-state index contributed by atoms with van der Waals surface area (Å²) in [6.45, 7) is 1.78. The molecule has 22 heavy (non-hydrogen) atoms. The lowest BCUT2D eigenvalue weighted by molar-refractivity contribution is 0.0575. The van der Waals surface area contributed by atoms with Gasteiger partial charge in [-0.15, -0.1) is 0 Å². The van der Waals surface area contributed by atoms with E-state index in [0.29, 0.717) is 25.5 Å². The first-order valence-electron chi connectivity index (χ1n) is 7.08. The highest BCUT2D eigenvalue weighted by Gasteiger charge is 2.21. The molecule has 0 aromatic carbocycles. The molecule has 1 aliphatic rings. The van der Waals surface area contributed by atoms with Crippen molar-refractivity contribution in [2.75, 3.05) is 31.6 Å². The number of furan rings is 1. The van der Waals surface area contributed by atoms with Gasteiger partial charge in [-0.25, -0.2) is 9.48 Å². The van der Waals surface area contributed by atoms with E-state index in [-0.39, 0.29) is 19.2 Å². The Labute approximate surface area is 127 Å². The largest absolute Gasteiger partial charge is 0.467 e. The monoisotopic (exact) mass is 306 g/mol. The number of rotatable bonds is 3. The molecule has 2 N–H and O–H groups in total. The molecular weight excluding hydrogens is 288 g/mol. The second-order valence-corrected chi connectivity index (χ2v) is 5.06. The minimum atomic E-state index is -0.665. The maximum atomic E-state index is 12.3. The average molecular weight is 306 g/mol. The van der Waals surface area contributed by atoms with Crippen LogP contribution in [0.3, 0.4) is 0 Å². The van der Waals surface area contributed by atoms with Gasteiger partial charge in [0.25, 0.3) is 0 Å². The van der Waals surface area contributed by atoms with Crippen LogP contribution >= 0.6 is 0 Å². The van der Waals surface area contributed by atoms with Gasteiger partial charge in [0.1, 0.15) is 18.1 Å². The fraction of sp³-hybridized carbons (Fsp3) is 0.429. The van der Waals surface area contributed by atoms with E-state index in [2.05, 4.69) is 10.4 Å². The number of ether oxygens (including phenoxy) is 1. The summed E-state index contributed by atoms with van der Waals surface area (Å²) in [6, 6.07) is 5.07. The van der Waals surface area contributed by atoms with Gasteiger partial charge in [0, 0.05) is 12.6 Å². The fourth-order valence-corrected chi connectivity index (χ4v) is 2.28. The molecule has 0 aliphatic carbocycles. The summed E-state index contributed by atoms with van der Waals surface area (Å²) in [5, 5.41) is 16.7. The maximum absolute atomic E-state index is 12.3. The fourth-order valence-electron chi connectivity index (χ4n) is 2.28. The van der Waals surface area contributed by atoms with Gasteiger partial charge in [-0.2, -0.15) is 5.10 Å². The topological polar surface area (TPSA) is 92.8 Å². The Hall–Kier alpha value is -2.32. The number of aliphatic hydroxyl groups excluding tert-OH is 1. The van der Waals surface area contributed by atoms with Crippen molar-refractivity contribution in [3.63, 3.8) is 0 Å². The normalized spacial score (nSPS) is 19.0. The first-order valence-corrected chi connectivity index (χ1v) is 7.08. The first-order chi connectivity index (χ1) is 10.7. The number of anilines is 1. The summed E-state index contributed by atoms with van der Waals surface area (Å²) in [5.74, 6) is 1.32.